The second kappa shape index (κ2) is 7.26. The molecule has 10 heteroatoms. The molecule has 0 spiro atoms. The Labute approximate surface area is 180 Å². The number of alkyl halides is 1. The van der Waals surface area contributed by atoms with Crippen LogP contribution >= 0.6 is 11.6 Å². The summed E-state index contributed by atoms with van der Waals surface area (Å²) in [6, 6.07) is 0. The summed E-state index contributed by atoms with van der Waals surface area (Å²) < 4.78 is 29.9. The highest BCUT2D eigenvalue weighted by atomic mass is 35.5. The molecule has 1 amide bonds. The molecule has 160 valence electrons. The number of halogens is 3. The molecule has 31 heavy (non-hydrogen) atoms. The number of fused-ring (bicyclic) bond motifs is 2. The molecule has 0 aliphatic heterocycles. The molecule has 2 atom stereocenters. The second-order valence-electron chi connectivity index (χ2n) is 8.25. The fourth-order valence-corrected chi connectivity index (χ4v) is 4.08. The predicted molar refractivity (Wildman–Crippen MR) is 113 cm³/mol. The van der Waals surface area contributed by atoms with E-state index in [0.29, 0.717) is 45.6 Å². The summed E-state index contributed by atoms with van der Waals surface area (Å²) in [4.78, 5) is 20.7. The number of nitrogens with zero attached hydrogens (tertiary/aromatic N) is 4. The highest BCUT2D eigenvalue weighted by Gasteiger charge is 2.43. The Morgan fingerprint density at radius 2 is 2.16 bits per heavy atom. The van der Waals surface area contributed by atoms with E-state index in [1.54, 1.807) is 23.0 Å². The van der Waals surface area contributed by atoms with Crippen LogP contribution in [-0.4, -0.2) is 36.6 Å². The fourth-order valence-electron chi connectivity index (χ4n) is 3.77. The van der Waals surface area contributed by atoms with E-state index in [2.05, 4.69) is 25.5 Å². The van der Waals surface area contributed by atoms with Crippen molar-refractivity contribution in [3.8, 4) is 11.3 Å². The maximum absolute atomic E-state index is 15.2. The number of nitrogens with one attached hydrogen (secondary N) is 2. The van der Waals surface area contributed by atoms with Crippen molar-refractivity contribution in [3.63, 3.8) is 0 Å². The smallest absolute Gasteiger partial charge is 0.231 e. The zero-order valence-electron chi connectivity index (χ0n) is 16.8. The lowest BCUT2D eigenvalue weighted by atomic mass is 9.96. The number of rotatable bonds is 5. The number of hydrogen-bond donors (Lipinski definition) is 2. The van der Waals surface area contributed by atoms with Gasteiger partial charge in [-0.3, -0.25) is 14.9 Å². The van der Waals surface area contributed by atoms with Crippen molar-refractivity contribution in [2.45, 2.75) is 32.9 Å². The summed E-state index contributed by atoms with van der Waals surface area (Å²) in [5.74, 6) is -0.969. The number of amides is 1. The summed E-state index contributed by atoms with van der Waals surface area (Å²) in [7, 11) is 0. The van der Waals surface area contributed by atoms with Crippen molar-refractivity contribution in [2.24, 2.45) is 11.8 Å². The largest absolute Gasteiger partial charge is 0.309 e. The van der Waals surface area contributed by atoms with Gasteiger partial charge in [-0.25, -0.2) is 13.8 Å². The van der Waals surface area contributed by atoms with Gasteiger partial charge in [0.1, 0.15) is 12.0 Å². The maximum Gasteiger partial charge on any atom is 0.231 e. The van der Waals surface area contributed by atoms with Gasteiger partial charge in [-0.1, -0.05) is 25.4 Å². The second-order valence-corrected chi connectivity index (χ2v) is 8.63. The third kappa shape index (κ3) is 3.42. The van der Waals surface area contributed by atoms with Gasteiger partial charge in [-0.05, 0) is 18.8 Å². The first kappa shape index (κ1) is 19.9. The number of aromatic amines is 1. The Morgan fingerprint density at radius 3 is 2.87 bits per heavy atom. The molecule has 0 unspecified atom stereocenters. The molecule has 1 aliphatic carbocycles. The summed E-state index contributed by atoms with van der Waals surface area (Å²) in [5, 5.41) is 10.2. The average Bonchev–Trinajstić information content (AvgIpc) is 3.11. The minimum atomic E-state index is -1.08. The van der Waals surface area contributed by atoms with Gasteiger partial charge in [0.05, 0.1) is 40.7 Å². The van der Waals surface area contributed by atoms with Gasteiger partial charge in [0.25, 0.3) is 0 Å². The van der Waals surface area contributed by atoms with Crippen LogP contribution < -0.4 is 5.32 Å². The van der Waals surface area contributed by atoms with E-state index in [9.17, 15) is 9.18 Å². The number of aromatic nitrogens is 5. The molecule has 3 heterocycles. The summed E-state index contributed by atoms with van der Waals surface area (Å²) in [6.45, 7) is 4.01. The van der Waals surface area contributed by atoms with Gasteiger partial charge < -0.3 is 9.72 Å². The summed E-state index contributed by atoms with van der Waals surface area (Å²) >= 11 is 6.46. The van der Waals surface area contributed by atoms with Crippen LogP contribution in [0.1, 0.15) is 25.8 Å². The SMILES string of the molecule is CC(C)Cc1c(F)c(Cl)c(-c2cn3cc(NC(=O)[C@@H]4C[C@@H]4F)nc3cn2)c2cn[nH]c12. The number of anilines is 1. The van der Waals surface area contributed by atoms with E-state index in [4.69, 9.17) is 11.6 Å². The van der Waals surface area contributed by atoms with Crippen LogP contribution in [0.4, 0.5) is 14.6 Å². The fraction of sp³-hybridized carbons (Fsp3) is 0.333. The van der Waals surface area contributed by atoms with Crippen LogP contribution in [0.25, 0.3) is 27.8 Å². The van der Waals surface area contributed by atoms with Crippen molar-refractivity contribution in [2.75, 3.05) is 5.32 Å². The van der Waals surface area contributed by atoms with Crippen LogP contribution in [0.5, 0.6) is 0 Å². The molecule has 0 saturated heterocycles. The number of carbonyl (C=O) groups is 1. The van der Waals surface area contributed by atoms with Crippen LogP contribution in [0.2, 0.25) is 5.02 Å². The summed E-state index contributed by atoms with van der Waals surface area (Å²) in [5.41, 5.74) is 2.42. The molecule has 4 aromatic rings. The van der Waals surface area contributed by atoms with Crippen molar-refractivity contribution in [3.05, 3.63) is 41.2 Å². The molecule has 5 rings (SSSR count). The number of carbonyl (C=O) groups excluding carboxylic acids is 1. The standard InChI is InChI=1S/C21H19ClF2N6O/c1-9(2)3-11-19(24)18(22)17(12-5-26-29-20(11)12)14-7-30-8-15(27-16(30)6-25-14)28-21(31)10-4-13(10)23/h5-10,13H,3-4H2,1-2H3,(H,26,29)(H,28,31)/t10-,13+/m1/s1. The zero-order chi connectivity index (χ0) is 21.9. The lowest BCUT2D eigenvalue weighted by Crippen LogP contribution is -2.15. The number of imidazole rings is 1. The van der Waals surface area contributed by atoms with Gasteiger partial charge in [0, 0.05) is 22.7 Å². The minimum absolute atomic E-state index is 0.0206. The first-order chi connectivity index (χ1) is 14.8. The Hall–Kier alpha value is -3.07. The average molecular weight is 445 g/mol. The van der Waals surface area contributed by atoms with Crippen molar-refractivity contribution in [1.29, 1.82) is 0 Å². The monoisotopic (exact) mass is 444 g/mol. The van der Waals surface area contributed by atoms with E-state index >= 15 is 4.39 Å². The molecule has 1 fully saturated rings. The van der Waals surface area contributed by atoms with Crippen LogP contribution in [0.3, 0.4) is 0 Å². The van der Waals surface area contributed by atoms with Gasteiger partial charge in [-0.15, -0.1) is 0 Å². The van der Waals surface area contributed by atoms with E-state index in [0.717, 1.165) is 0 Å². The molecular formula is C21H19ClF2N6O. The van der Waals surface area contributed by atoms with Gasteiger partial charge >= 0.3 is 0 Å². The molecule has 2 N–H and O–H groups in total. The number of hydrogen-bond acceptors (Lipinski definition) is 4. The van der Waals surface area contributed by atoms with Crippen molar-refractivity contribution >= 4 is 39.9 Å². The topological polar surface area (TPSA) is 88.0 Å². The van der Waals surface area contributed by atoms with Gasteiger partial charge in [0.15, 0.2) is 11.5 Å². The van der Waals surface area contributed by atoms with Crippen molar-refractivity contribution in [1.82, 2.24) is 24.6 Å². The Balaban J connectivity index is 1.57. The number of benzene rings is 1. The Kier molecular flexibility index (Phi) is 4.65. The quantitative estimate of drug-likeness (QED) is 0.472. The van der Waals surface area contributed by atoms with Gasteiger partial charge in [0.2, 0.25) is 5.91 Å². The van der Waals surface area contributed by atoms with E-state index < -0.39 is 23.8 Å². The first-order valence-corrected chi connectivity index (χ1v) is 10.3. The van der Waals surface area contributed by atoms with E-state index in [1.807, 2.05) is 13.8 Å². The molecule has 0 bridgehead atoms. The first-order valence-electron chi connectivity index (χ1n) is 9.96. The van der Waals surface area contributed by atoms with E-state index in [-0.39, 0.29) is 17.4 Å². The predicted octanol–water partition coefficient (Wildman–Crippen LogP) is 4.56. The molecule has 0 radical (unpaired) electrons. The van der Waals surface area contributed by atoms with Crippen LogP contribution in [0.15, 0.2) is 24.8 Å². The highest BCUT2D eigenvalue weighted by molar-refractivity contribution is 6.35. The van der Waals surface area contributed by atoms with Gasteiger partial charge in [-0.2, -0.15) is 5.10 Å². The highest BCUT2D eigenvalue weighted by Crippen LogP contribution is 2.39. The normalized spacial score (nSPS) is 18.3. The number of H-pyrrole nitrogens is 1. The molecule has 3 aromatic heterocycles. The maximum atomic E-state index is 15.2. The minimum Gasteiger partial charge on any atom is -0.309 e. The molecule has 7 nitrogen and oxygen atoms in total. The van der Waals surface area contributed by atoms with Crippen molar-refractivity contribution < 1.29 is 13.6 Å². The zero-order valence-corrected chi connectivity index (χ0v) is 17.5. The molecule has 1 aromatic carbocycles. The molecule has 1 saturated carbocycles. The Bertz CT molecular complexity index is 1330. The Morgan fingerprint density at radius 1 is 1.39 bits per heavy atom. The van der Waals surface area contributed by atoms with Crippen LogP contribution in [-0.2, 0) is 11.2 Å². The third-order valence-electron chi connectivity index (χ3n) is 5.40. The lowest BCUT2D eigenvalue weighted by Gasteiger charge is -2.13. The molecule has 1 aliphatic rings. The lowest BCUT2D eigenvalue weighted by molar-refractivity contribution is -0.117. The summed E-state index contributed by atoms with van der Waals surface area (Å²) in [6.07, 6.45) is 6.03. The van der Waals surface area contributed by atoms with Crippen LogP contribution in [0, 0.1) is 17.7 Å². The van der Waals surface area contributed by atoms with E-state index in [1.165, 1.54) is 6.20 Å². The molecular weight excluding hydrogens is 426 g/mol. The third-order valence-corrected chi connectivity index (χ3v) is 5.75.